The van der Waals surface area contributed by atoms with E-state index in [4.69, 9.17) is 24.2 Å². The van der Waals surface area contributed by atoms with Crippen LogP contribution in [0.5, 0.6) is 11.5 Å². The molecule has 2 amide bonds. The van der Waals surface area contributed by atoms with Crippen LogP contribution in [0.25, 0.3) is 0 Å². The van der Waals surface area contributed by atoms with E-state index in [-0.39, 0.29) is 68.7 Å². The maximum atomic E-state index is 14.6. The molecule has 0 aromatic heterocycles. The number of ether oxygens (including phenoxy) is 3. The second-order valence-electron chi connectivity index (χ2n) is 16.8. The van der Waals surface area contributed by atoms with E-state index in [2.05, 4.69) is 24.0 Å². The zero-order valence-corrected chi connectivity index (χ0v) is 36.9. The summed E-state index contributed by atoms with van der Waals surface area (Å²) in [6, 6.07) is 28.5. The lowest BCUT2D eigenvalue weighted by Crippen LogP contribution is -2.69. The highest BCUT2D eigenvalue weighted by molar-refractivity contribution is 6.03. The van der Waals surface area contributed by atoms with Crippen molar-refractivity contribution < 1.29 is 43.8 Å². The van der Waals surface area contributed by atoms with Crippen LogP contribution in [-0.4, -0.2) is 76.4 Å². The lowest BCUT2D eigenvalue weighted by molar-refractivity contribution is -0.384. The van der Waals surface area contributed by atoms with Gasteiger partial charge in [-0.1, -0.05) is 60.5 Å². The molecule has 7 rings (SSSR count). The number of nitrogens with zero attached hydrogens (tertiary/aromatic N) is 4. The van der Waals surface area contributed by atoms with Gasteiger partial charge in [0.15, 0.2) is 0 Å². The Morgan fingerprint density at radius 2 is 1.73 bits per heavy atom. The number of nitro groups is 1. The van der Waals surface area contributed by atoms with Gasteiger partial charge in [0.25, 0.3) is 11.6 Å². The Bertz CT molecular complexity index is 2450. The first-order valence-electron chi connectivity index (χ1n) is 22.3. The third kappa shape index (κ3) is 10.5. The normalized spacial score (nSPS) is 22.1. The van der Waals surface area contributed by atoms with Gasteiger partial charge in [-0.15, -0.1) is 6.58 Å². The van der Waals surface area contributed by atoms with Crippen LogP contribution in [0.3, 0.4) is 0 Å². The van der Waals surface area contributed by atoms with Gasteiger partial charge in [0, 0.05) is 62.4 Å². The lowest BCUT2D eigenvalue weighted by atomic mass is 9.55. The second kappa shape index (κ2) is 21.9. The summed E-state index contributed by atoms with van der Waals surface area (Å²) in [5, 5.41) is 48.3. The maximum Gasteiger partial charge on any atom is 0.412 e. The number of rotatable bonds is 20. The number of likely N-dealkylation sites (N-methyl/N-ethyl adjacent to an activating group) is 1. The lowest BCUT2D eigenvalue weighted by Gasteiger charge is -2.59. The molecule has 6 atom stereocenters. The van der Waals surface area contributed by atoms with E-state index < -0.39 is 28.8 Å². The van der Waals surface area contributed by atoms with Crippen molar-refractivity contribution in [1.29, 1.82) is 5.26 Å². The SMILES string of the molecule is C=CCOC12Oc3ccc(OC(=O)NCc4ccccc4)cc3C3C(CCCCO)C(CCCCO)C=C(C(=NOCc4ccc([N+](=O)[O-])cc4)CC1N(C)C(=O)c1ccc(C#N)cc1)C32. The van der Waals surface area contributed by atoms with Crippen LogP contribution in [0.2, 0.25) is 0 Å². The van der Waals surface area contributed by atoms with Crippen molar-refractivity contribution in [3.05, 3.63) is 159 Å². The highest BCUT2D eigenvalue weighted by atomic mass is 16.7. The number of amides is 2. The number of non-ortho nitro benzene ring substituents is 1. The fourth-order valence-corrected chi connectivity index (χ4v) is 9.64. The van der Waals surface area contributed by atoms with Gasteiger partial charge in [0.05, 0.1) is 34.8 Å². The molecule has 344 valence electrons. The van der Waals surface area contributed by atoms with Gasteiger partial charge in [-0.25, -0.2) is 4.79 Å². The molecule has 4 aromatic carbocycles. The topological polar surface area (TPSA) is 206 Å². The molecule has 1 heterocycles. The van der Waals surface area contributed by atoms with Gasteiger partial charge >= 0.3 is 6.09 Å². The molecule has 15 nitrogen and oxygen atoms in total. The van der Waals surface area contributed by atoms with Crippen LogP contribution in [0.1, 0.15) is 83.5 Å². The molecule has 1 saturated carbocycles. The van der Waals surface area contributed by atoms with Crippen molar-refractivity contribution >= 4 is 23.4 Å². The van der Waals surface area contributed by atoms with E-state index in [1.165, 1.54) is 12.1 Å². The number of benzene rings is 4. The molecule has 0 saturated heterocycles. The molecule has 2 aliphatic carbocycles. The van der Waals surface area contributed by atoms with E-state index in [1.54, 1.807) is 66.6 Å². The van der Waals surface area contributed by atoms with Crippen LogP contribution in [-0.2, 0) is 22.7 Å². The maximum absolute atomic E-state index is 14.6. The van der Waals surface area contributed by atoms with Crippen LogP contribution >= 0.6 is 0 Å². The number of hydrogen-bond acceptors (Lipinski definition) is 12. The number of nitrogens with one attached hydrogen (secondary N) is 1. The van der Waals surface area contributed by atoms with Crippen molar-refractivity contribution in [3.63, 3.8) is 0 Å². The van der Waals surface area contributed by atoms with Crippen LogP contribution < -0.4 is 14.8 Å². The summed E-state index contributed by atoms with van der Waals surface area (Å²) < 4.78 is 20.1. The van der Waals surface area contributed by atoms with Crippen molar-refractivity contribution in [3.8, 4) is 17.6 Å². The summed E-state index contributed by atoms with van der Waals surface area (Å²) >= 11 is 0. The van der Waals surface area contributed by atoms with E-state index in [1.807, 2.05) is 36.4 Å². The minimum absolute atomic E-state index is 0.00172. The minimum atomic E-state index is -1.53. The van der Waals surface area contributed by atoms with Crippen LogP contribution in [0, 0.1) is 39.2 Å². The molecule has 3 N–H and O–H groups in total. The third-order valence-corrected chi connectivity index (χ3v) is 12.7. The van der Waals surface area contributed by atoms with Crippen molar-refractivity contribution in [1.82, 2.24) is 10.2 Å². The highest BCUT2D eigenvalue weighted by Gasteiger charge is 2.65. The minimum Gasteiger partial charge on any atom is -0.459 e. The largest absolute Gasteiger partial charge is 0.459 e. The summed E-state index contributed by atoms with van der Waals surface area (Å²) in [5.41, 5.74) is 4.39. The summed E-state index contributed by atoms with van der Waals surface area (Å²) in [6.45, 7) is 4.36. The van der Waals surface area contributed by atoms with E-state index in [9.17, 15) is 35.2 Å². The van der Waals surface area contributed by atoms with E-state index >= 15 is 0 Å². The van der Waals surface area contributed by atoms with E-state index in [0.717, 1.165) is 29.5 Å². The summed E-state index contributed by atoms with van der Waals surface area (Å²) in [5.74, 6) is -2.25. The predicted octanol–water partition coefficient (Wildman–Crippen LogP) is 8.36. The van der Waals surface area contributed by atoms with Gasteiger partial charge in [0.2, 0.25) is 5.79 Å². The second-order valence-corrected chi connectivity index (χ2v) is 16.8. The number of oxime groups is 1. The first-order valence-corrected chi connectivity index (χ1v) is 22.3. The first-order chi connectivity index (χ1) is 32.1. The molecule has 1 fully saturated rings. The molecule has 4 aromatic rings. The Hall–Kier alpha value is -6.86. The number of nitriles is 1. The number of hydrogen-bond donors (Lipinski definition) is 3. The predicted molar refractivity (Wildman–Crippen MR) is 245 cm³/mol. The zero-order valence-electron chi connectivity index (χ0n) is 36.9. The molecule has 0 spiro atoms. The number of nitro benzene ring substituents is 1. The smallest absolute Gasteiger partial charge is 0.412 e. The van der Waals surface area contributed by atoms with Gasteiger partial charge in [-0.2, -0.15) is 5.26 Å². The standard InChI is InChI=1S/C51H55N5O10/c1-3-27-63-51-46(55(2)49(59)37-19-15-34(31-52)16-20-37)30-44(54-64-33-36-17-21-39(22-18-36)56(61)62)42-28-38(13-7-9-25-57)41(14-8-10-26-58)47(48(42)51)43-29-40(23-24-45(43)66-51)65-50(60)53-32-35-11-5-4-6-12-35/h3-6,11-12,15-24,28-29,38,41,46-48,57-58H,1,7-10,13-14,25-27,30,32-33H2,2H3,(H,53,60). The number of aliphatic hydroxyl groups excluding tert-OH is 2. The molecule has 0 radical (unpaired) electrons. The monoisotopic (exact) mass is 897 g/mol. The Morgan fingerprint density at radius 3 is 2.41 bits per heavy atom. The third-order valence-electron chi connectivity index (χ3n) is 12.7. The number of unbranched alkanes of at least 4 members (excludes halogenated alkanes) is 2. The summed E-state index contributed by atoms with van der Waals surface area (Å²) in [4.78, 5) is 46.5. The molecule has 15 heteroatoms. The Morgan fingerprint density at radius 1 is 1.00 bits per heavy atom. The number of allylic oxidation sites excluding steroid dienone is 1. The van der Waals surface area contributed by atoms with Gasteiger partial charge < -0.3 is 39.5 Å². The molecular formula is C51H55N5O10. The molecule has 6 unspecified atom stereocenters. The Balaban J connectivity index is 1.37. The molecular weight excluding hydrogens is 843 g/mol. The van der Waals surface area contributed by atoms with E-state index in [0.29, 0.717) is 59.6 Å². The van der Waals surface area contributed by atoms with Crippen LogP contribution in [0.15, 0.2) is 127 Å². The molecule has 66 heavy (non-hydrogen) atoms. The van der Waals surface area contributed by atoms with Crippen molar-refractivity contribution in [2.75, 3.05) is 26.9 Å². The number of fused-ring (bicyclic) bond motifs is 2. The molecule has 0 bridgehead atoms. The Labute approximate surface area is 384 Å². The quantitative estimate of drug-likeness (QED) is 0.0333. The van der Waals surface area contributed by atoms with Crippen LogP contribution in [0.4, 0.5) is 10.5 Å². The van der Waals surface area contributed by atoms with Gasteiger partial charge in [0.1, 0.15) is 24.1 Å². The van der Waals surface area contributed by atoms with Gasteiger partial charge in [-0.3, -0.25) is 14.9 Å². The summed E-state index contributed by atoms with van der Waals surface area (Å²) in [6.07, 6.45) is 7.38. The fourth-order valence-electron chi connectivity index (χ4n) is 9.64. The Kier molecular flexibility index (Phi) is 15.6. The number of carbonyl (C=O) groups is 2. The fraction of sp³-hybridized carbons (Fsp3) is 0.373. The van der Waals surface area contributed by atoms with Gasteiger partial charge in [-0.05, 0) is 109 Å². The average Bonchev–Trinajstić information content (AvgIpc) is 3.34. The first kappa shape index (κ1) is 47.1. The average molecular weight is 898 g/mol. The van der Waals surface area contributed by atoms with Crippen molar-refractivity contribution in [2.45, 2.75) is 75.8 Å². The number of carbonyl (C=O) groups excluding carboxylic acids is 2. The number of aliphatic hydroxyl groups is 2. The molecule has 1 aliphatic heterocycles. The highest BCUT2D eigenvalue weighted by Crippen LogP contribution is 2.62. The summed E-state index contributed by atoms with van der Waals surface area (Å²) in [7, 11) is 1.69. The zero-order chi connectivity index (χ0) is 46.6. The molecule has 3 aliphatic rings. The van der Waals surface area contributed by atoms with Crippen molar-refractivity contribution in [2.24, 2.45) is 22.9 Å².